The second kappa shape index (κ2) is 5.46. The topological polar surface area (TPSA) is 44.7 Å². The molecule has 2 unspecified atom stereocenters. The van der Waals surface area contributed by atoms with Gasteiger partial charge in [0, 0.05) is 22.8 Å². The lowest BCUT2D eigenvalue weighted by Gasteiger charge is -2.13. The van der Waals surface area contributed by atoms with Crippen LogP contribution < -0.4 is 0 Å². The maximum Gasteiger partial charge on any atom is 0.264 e. The van der Waals surface area contributed by atoms with Gasteiger partial charge in [0.1, 0.15) is 11.9 Å². The summed E-state index contributed by atoms with van der Waals surface area (Å²) in [5.41, 5.74) is -0.0578. The largest absolute Gasteiger partial charge is 0.605 e. The van der Waals surface area contributed by atoms with E-state index >= 15 is 0 Å². The first-order chi connectivity index (χ1) is 8.95. The molecular weight excluding hydrogens is 272 g/mol. The van der Waals surface area contributed by atoms with Gasteiger partial charge in [0.25, 0.3) is 5.04 Å². The first kappa shape index (κ1) is 14.3. The zero-order chi connectivity index (χ0) is 14.2. The first-order valence-corrected chi connectivity index (χ1v) is 7.08. The molecule has 1 aromatic rings. The Morgan fingerprint density at radius 3 is 2.74 bits per heavy atom. The number of benzene rings is 1. The number of rotatable bonds is 2. The summed E-state index contributed by atoms with van der Waals surface area (Å²) in [6, 6.07) is 1.28. The molecule has 0 aromatic heterocycles. The second-order valence-corrected chi connectivity index (χ2v) is 5.82. The fraction of sp³-hybridized carbons (Fsp3) is 0.385. The van der Waals surface area contributed by atoms with E-state index in [1.54, 1.807) is 13.8 Å². The summed E-state index contributed by atoms with van der Waals surface area (Å²) >= 11 is -1.78. The normalized spacial score (nSPS) is 20.1. The monoisotopic (exact) mass is 286 g/mol. The zero-order valence-corrected chi connectivity index (χ0v) is 11.5. The maximum atomic E-state index is 14.0. The van der Waals surface area contributed by atoms with Gasteiger partial charge in [-0.25, -0.2) is 8.78 Å². The Labute approximate surface area is 113 Å². The number of oxime groups is 1. The molecule has 2 rings (SSSR count). The molecule has 0 aliphatic carbocycles. The van der Waals surface area contributed by atoms with Crippen LogP contribution >= 0.6 is 0 Å². The quantitative estimate of drug-likeness (QED) is 0.785. The van der Waals surface area contributed by atoms with Crippen LogP contribution in [0.2, 0.25) is 0 Å². The zero-order valence-electron chi connectivity index (χ0n) is 10.7. The summed E-state index contributed by atoms with van der Waals surface area (Å²) in [5, 5.41) is 3.94. The number of halogens is 2. The third-order valence-corrected chi connectivity index (χ3v) is 4.29. The van der Waals surface area contributed by atoms with Gasteiger partial charge in [-0.05, 0) is 31.0 Å². The Hall–Kier alpha value is -1.14. The molecule has 2 atom stereocenters. The van der Waals surface area contributed by atoms with Crippen molar-refractivity contribution in [2.45, 2.75) is 37.7 Å². The molecular formula is C13H14F2NO2S. The lowest BCUT2D eigenvalue weighted by atomic mass is 10.1. The smallest absolute Gasteiger partial charge is 0.264 e. The first-order valence-electron chi connectivity index (χ1n) is 5.93. The Balaban J connectivity index is 2.42. The van der Waals surface area contributed by atoms with Crippen LogP contribution in [0.25, 0.3) is 0 Å². The van der Waals surface area contributed by atoms with Crippen LogP contribution in [0.5, 0.6) is 0 Å². The van der Waals surface area contributed by atoms with E-state index in [-0.39, 0.29) is 21.6 Å². The van der Waals surface area contributed by atoms with Crippen LogP contribution in [0.15, 0.2) is 16.1 Å². The van der Waals surface area contributed by atoms with Crippen molar-refractivity contribution in [3.8, 4) is 0 Å². The molecule has 0 bridgehead atoms. The third-order valence-electron chi connectivity index (χ3n) is 2.92. The van der Waals surface area contributed by atoms with Crippen molar-refractivity contribution in [2.75, 3.05) is 0 Å². The highest BCUT2D eigenvalue weighted by Crippen LogP contribution is 2.28. The lowest BCUT2D eigenvalue weighted by molar-refractivity contribution is 0.0996. The molecule has 1 aromatic carbocycles. The van der Waals surface area contributed by atoms with E-state index in [0.717, 1.165) is 0 Å². The second-order valence-electron chi connectivity index (χ2n) is 4.37. The summed E-state index contributed by atoms with van der Waals surface area (Å²) in [4.78, 5) is 4.86. The van der Waals surface area contributed by atoms with E-state index in [1.807, 2.05) is 0 Å². The van der Waals surface area contributed by atoms with Gasteiger partial charge < -0.3 is 9.39 Å². The summed E-state index contributed by atoms with van der Waals surface area (Å²) in [7, 11) is 0. The minimum absolute atomic E-state index is 0.0836. The van der Waals surface area contributed by atoms with Crippen molar-refractivity contribution < 1.29 is 18.2 Å². The summed E-state index contributed by atoms with van der Waals surface area (Å²) in [6.07, 6.45) is 0.572. The van der Waals surface area contributed by atoms with Crippen molar-refractivity contribution in [1.29, 1.82) is 0 Å². The predicted octanol–water partition coefficient (Wildman–Crippen LogP) is 2.94. The highest BCUT2D eigenvalue weighted by atomic mass is 32.2. The van der Waals surface area contributed by atoms with Crippen LogP contribution in [0.3, 0.4) is 0 Å². The van der Waals surface area contributed by atoms with Gasteiger partial charge in [-0.3, -0.25) is 0 Å². The SMILES string of the molecule is [CH2]c1c(F)c(CC)cc([S+]([O-])C2=NOC(C)C2)c1F. The Kier molecular flexibility index (Phi) is 4.10. The third kappa shape index (κ3) is 2.60. The molecule has 19 heavy (non-hydrogen) atoms. The van der Waals surface area contributed by atoms with Crippen molar-refractivity contribution in [1.82, 2.24) is 0 Å². The van der Waals surface area contributed by atoms with E-state index in [0.29, 0.717) is 18.4 Å². The van der Waals surface area contributed by atoms with E-state index in [9.17, 15) is 13.3 Å². The predicted molar refractivity (Wildman–Crippen MR) is 69.2 cm³/mol. The molecule has 0 N–H and O–H groups in total. The van der Waals surface area contributed by atoms with Crippen LogP contribution in [0.4, 0.5) is 8.78 Å². The van der Waals surface area contributed by atoms with Gasteiger partial charge in [0.2, 0.25) is 0 Å². The molecule has 3 nitrogen and oxygen atoms in total. The molecule has 1 aliphatic heterocycles. The minimum Gasteiger partial charge on any atom is -0.605 e. The van der Waals surface area contributed by atoms with Crippen molar-refractivity contribution in [2.24, 2.45) is 5.16 Å². The lowest BCUT2D eigenvalue weighted by Crippen LogP contribution is -2.18. The molecule has 1 radical (unpaired) electrons. The molecule has 6 heteroatoms. The van der Waals surface area contributed by atoms with Crippen molar-refractivity contribution in [3.05, 3.63) is 35.8 Å². The molecule has 1 heterocycles. The molecule has 0 fully saturated rings. The van der Waals surface area contributed by atoms with Gasteiger partial charge in [0.05, 0.1) is 6.42 Å². The average molecular weight is 286 g/mol. The van der Waals surface area contributed by atoms with E-state index in [1.165, 1.54) is 6.07 Å². The minimum atomic E-state index is -1.78. The van der Waals surface area contributed by atoms with Gasteiger partial charge >= 0.3 is 0 Å². The highest BCUT2D eigenvalue weighted by molar-refractivity contribution is 8.06. The number of aryl methyl sites for hydroxylation is 1. The Morgan fingerprint density at radius 1 is 1.53 bits per heavy atom. The molecule has 0 saturated carbocycles. The molecule has 0 saturated heterocycles. The van der Waals surface area contributed by atoms with Gasteiger partial charge in [0.15, 0.2) is 10.7 Å². The fourth-order valence-corrected chi connectivity index (χ4v) is 3.11. The van der Waals surface area contributed by atoms with Crippen LogP contribution in [-0.4, -0.2) is 15.7 Å². The Bertz CT molecular complexity index is 534. The molecule has 0 spiro atoms. The van der Waals surface area contributed by atoms with E-state index in [4.69, 9.17) is 4.84 Å². The van der Waals surface area contributed by atoms with Gasteiger partial charge in [-0.15, -0.1) is 0 Å². The van der Waals surface area contributed by atoms with Crippen LogP contribution in [0.1, 0.15) is 31.4 Å². The van der Waals surface area contributed by atoms with E-state index < -0.39 is 22.8 Å². The number of hydrogen-bond acceptors (Lipinski definition) is 3. The van der Waals surface area contributed by atoms with E-state index in [2.05, 4.69) is 12.1 Å². The average Bonchev–Trinajstić information content (AvgIpc) is 2.82. The number of nitrogens with zero attached hydrogens (tertiary/aromatic N) is 1. The summed E-state index contributed by atoms with van der Waals surface area (Å²) in [5.74, 6) is -1.56. The number of hydrogen-bond donors (Lipinski definition) is 0. The summed E-state index contributed by atoms with van der Waals surface area (Å²) < 4.78 is 39.9. The van der Waals surface area contributed by atoms with Crippen LogP contribution in [0, 0.1) is 18.6 Å². The van der Waals surface area contributed by atoms with Crippen LogP contribution in [-0.2, 0) is 22.4 Å². The van der Waals surface area contributed by atoms with Gasteiger partial charge in [-0.2, -0.15) is 0 Å². The van der Waals surface area contributed by atoms with Gasteiger partial charge in [-0.1, -0.05) is 6.92 Å². The maximum absolute atomic E-state index is 14.0. The van der Waals surface area contributed by atoms with Crippen molar-refractivity contribution >= 4 is 16.2 Å². The summed E-state index contributed by atoms with van der Waals surface area (Å²) in [6.45, 7) is 6.87. The molecule has 1 aliphatic rings. The Morgan fingerprint density at radius 2 is 2.21 bits per heavy atom. The fourth-order valence-electron chi connectivity index (χ4n) is 1.82. The standard InChI is InChI=1S/C13H14F2NO2S/c1-4-9-6-10(13(15)8(3)12(9)14)19(17)11-5-7(2)18-16-11/h6-7H,3-5H2,1-2H3. The molecule has 103 valence electrons. The highest BCUT2D eigenvalue weighted by Gasteiger charge is 2.32. The molecule has 0 amide bonds. The van der Waals surface area contributed by atoms with Crippen molar-refractivity contribution in [3.63, 3.8) is 0 Å².